The third kappa shape index (κ3) is 1.83. The lowest BCUT2D eigenvalue weighted by molar-refractivity contribution is 0.125. The predicted molar refractivity (Wildman–Crippen MR) is 68.2 cm³/mol. The molecule has 2 aliphatic rings. The molecule has 1 aromatic carbocycles. The van der Waals surface area contributed by atoms with Crippen LogP contribution in [0.25, 0.3) is 0 Å². The molecular weight excluding hydrogens is 273 g/mol. The summed E-state index contributed by atoms with van der Waals surface area (Å²) in [5.41, 5.74) is 8.33. The second-order valence-corrected chi connectivity index (χ2v) is 5.93. The third-order valence-electron chi connectivity index (χ3n) is 3.76. The second kappa shape index (κ2) is 3.47. The number of nitrogens with two attached hydrogens (primary N) is 1. The van der Waals surface area contributed by atoms with Crippen molar-refractivity contribution in [1.29, 1.82) is 0 Å². The maximum absolute atomic E-state index is 6.37. The van der Waals surface area contributed by atoms with Crippen LogP contribution in [0.15, 0.2) is 28.7 Å². The summed E-state index contributed by atoms with van der Waals surface area (Å²) in [7, 11) is 0. The van der Waals surface area contributed by atoms with Crippen LogP contribution in [0.4, 0.5) is 0 Å². The molecule has 0 heterocycles. The lowest BCUT2D eigenvalue weighted by Gasteiger charge is -2.46. The van der Waals surface area contributed by atoms with Gasteiger partial charge in [0, 0.05) is 10.0 Å². The minimum Gasteiger partial charge on any atom is -0.321 e. The quantitative estimate of drug-likeness (QED) is 0.839. The lowest BCUT2D eigenvalue weighted by atomic mass is 9.63. The molecule has 1 nitrogen and oxygen atoms in total. The predicted octanol–water partition coefficient (Wildman–Crippen LogP) is 3.60. The summed E-state index contributed by atoms with van der Waals surface area (Å²) in [6, 6.07) is 8.47. The molecule has 0 saturated heterocycles. The van der Waals surface area contributed by atoms with Crippen LogP contribution in [0, 0.1) is 5.41 Å². The molecule has 2 aliphatic carbocycles. The molecule has 0 unspecified atom stereocenters. The molecule has 2 saturated carbocycles. The molecule has 0 aromatic heterocycles. The van der Waals surface area contributed by atoms with Crippen molar-refractivity contribution in [1.82, 2.24) is 0 Å². The van der Waals surface area contributed by atoms with Crippen LogP contribution in [-0.4, -0.2) is 0 Å². The van der Waals surface area contributed by atoms with Crippen molar-refractivity contribution in [2.75, 3.05) is 0 Å². The van der Waals surface area contributed by atoms with E-state index in [1.807, 2.05) is 0 Å². The minimum atomic E-state index is -0.0167. The van der Waals surface area contributed by atoms with E-state index in [1.165, 1.54) is 31.2 Å². The smallest absolute Gasteiger partial charge is 0.0420 e. The van der Waals surface area contributed by atoms with Crippen molar-refractivity contribution < 1.29 is 0 Å². The molecule has 2 N–H and O–H groups in total. The number of halogens is 2. The van der Waals surface area contributed by atoms with Gasteiger partial charge in [-0.2, -0.15) is 0 Å². The Morgan fingerprint density at radius 3 is 2.07 bits per heavy atom. The Kier molecular flexibility index (Phi) is 2.65. The van der Waals surface area contributed by atoms with Gasteiger partial charge in [0.1, 0.15) is 0 Å². The van der Waals surface area contributed by atoms with Gasteiger partial charge in [-0.25, -0.2) is 0 Å². The highest BCUT2D eigenvalue weighted by atomic mass is 79.9. The minimum absolute atomic E-state index is 0. The fraction of sp³-hybridized carbons (Fsp3) is 0.500. The van der Waals surface area contributed by atoms with Crippen molar-refractivity contribution in [2.45, 2.75) is 31.2 Å². The zero-order valence-corrected chi connectivity index (χ0v) is 10.9. The van der Waals surface area contributed by atoms with Crippen molar-refractivity contribution in [2.24, 2.45) is 11.1 Å². The fourth-order valence-corrected chi connectivity index (χ4v) is 3.07. The highest BCUT2D eigenvalue weighted by molar-refractivity contribution is 9.10. The maximum Gasteiger partial charge on any atom is 0.0420 e. The first-order chi connectivity index (χ1) is 6.62. The van der Waals surface area contributed by atoms with Gasteiger partial charge in [0.25, 0.3) is 0 Å². The summed E-state index contributed by atoms with van der Waals surface area (Å²) in [4.78, 5) is 0. The van der Waals surface area contributed by atoms with E-state index >= 15 is 0 Å². The van der Waals surface area contributed by atoms with Gasteiger partial charge in [-0.15, -0.1) is 12.4 Å². The van der Waals surface area contributed by atoms with Crippen molar-refractivity contribution in [3.05, 3.63) is 34.3 Å². The largest absolute Gasteiger partial charge is 0.321 e. The monoisotopic (exact) mass is 287 g/mol. The van der Waals surface area contributed by atoms with Gasteiger partial charge in [-0.3, -0.25) is 0 Å². The molecule has 0 aliphatic heterocycles. The SMILES string of the molecule is Cl.NC1(c2ccc(Br)cc2)CC2(CC2)C1. The van der Waals surface area contributed by atoms with Crippen LogP contribution >= 0.6 is 28.3 Å². The van der Waals surface area contributed by atoms with Gasteiger partial charge in [0.05, 0.1) is 0 Å². The molecule has 3 rings (SSSR count). The third-order valence-corrected chi connectivity index (χ3v) is 4.29. The Bertz CT molecular complexity index is 362. The van der Waals surface area contributed by atoms with Gasteiger partial charge in [-0.05, 0) is 48.8 Å². The Morgan fingerprint density at radius 2 is 1.60 bits per heavy atom. The number of benzene rings is 1. The molecule has 0 radical (unpaired) electrons. The summed E-state index contributed by atoms with van der Waals surface area (Å²) in [6.07, 6.45) is 5.20. The number of hydrogen-bond donors (Lipinski definition) is 1. The zero-order valence-electron chi connectivity index (χ0n) is 8.50. The summed E-state index contributed by atoms with van der Waals surface area (Å²) < 4.78 is 1.13. The second-order valence-electron chi connectivity index (χ2n) is 5.02. The van der Waals surface area contributed by atoms with Gasteiger partial charge < -0.3 is 5.73 Å². The lowest BCUT2D eigenvalue weighted by Crippen LogP contribution is -2.50. The van der Waals surface area contributed by atoms with E-state index in [2.05, 4.69) is 40.2 Å². The zero-order chi connectivity index (χ0) is 9.81. The summed E-state index contributed by atoms with van der Waals surface area (Å²) >= 11 is 3.45. The molecule has 2 fully saturated rings. The average Bonchev–Trinajstić information content (AvgIpc) is 2.85. The van der Waals surface area contributed by atoms with E-state index in [0.29, 0.717) is 5.41 Å². The van der Waals surface area contributed by atoms with Gasteiger partial charge in [-0.1, -0.05) is 28.1 Å². The van der Waals surface area contributed by atoms with Crippen LogP contribution in [0.2, 0.25) is 0 Å². The van der Waals surface area contributed by atoms with Gasteiger partial charge in [0.15, 0.2) is 0 Å². The van der Waals surface area contributed by atoms with Crippen LogP contribution in [-0.2, 0) is 5.54 Å². The van der Waals surface area contributed by atoms with Gasteiger partial charge in [0.2, 0.25) is 0 Å². The summed E-state index contributed by atoms with van der Waals surface area (Å²) in [5, 5.41) is 0. The van der Waals surface area contributed by atoms with E-state index in [-0.39, 0.29) is 17.9 Å². The number of rotatable bonds is 1. The Labute approximate surface area is 105 Å². The normalized spacial score (nSPS) is 24.1. The average molecular weight is 289 g/mol. The van der Waals surface area contributed by atoms with Crippen LogP contribution in [0.3, 0.4) is 0 Å². The fourth-order valence-electron chi connectivity index (χ4n) is 2.80. The molecule has 82 valence electrons. The topological polar surface area (TPSA) is 26.0 Å². The first-order valence-electron chi connectivity index (χ1n) is 5.17. The van der Waals surface area contributed by atoms with E-state index in [0.717, 1.165) is 4.47 Å². The Balaban J connectivity index is 0.000000853. The first kappa shape index (κ1) is 11.4. The van der Waals surface area contributed by atoms with E-state index in [4.69, 9.17) is 5.73 Å². The molecular formula is C12H15BrClN. The molecule has 0 amide bonds. The highest BCUT2D eigenvalue weighted by Crippen LogP contribution is 2.66. The first-order valence-corrected chi connectivity index (χ1v) is 5.96. The highest BCUT2D eigenvalue weighted by Gasteiger charge is 2.59. The molecule has 15 heavy (non-hydrogen) atoms. The van der Waals surface area contributed by atoms with E-state index in [9.17, 15) is 0 Å². The van der Waals surface area contributed by atoms with Crippen molar-refractivity contribution in [3.63, 3.8) is 0 Å². The van der Waals surface area contributed by atoms with Crippen LogP contribution < -0.4 is 5.73 Å². The van der Waals surface area contributed by atoms with Crippen molar-refractivity contribution >= 4 is 28.3 Å². The standard InChI is InChI=1S/C12H14BrN.ClH/c13-10-3-1-9(2-4-10)12(14)7-11(8-12)5-6-11;/h1-4H,5-8,14H2;1H. The molecule has 3 heteroatoms. The van der Waals surface area contributed by atoms with Gasteiger partial charge >= 0.3 is 0 Å². The Hall–Kier alpha value is -0.0500. The van der Waals surface area contributed by atoms with Crippen molar-refractivity contribution in [3.8, 4) is 0 Å². The maximum atomic E-state index is 6.37. The molecule has 0 atom stereocenters. The van der Waals surface area contributed by atoms with E-state index in [1.54, 1.807) is 0 Å². The summed E-state index contributed by atoms with van der Waals surface area (Å²) in [5.74, 6) is 0. The van der Waals surface area contributed by atoms with Crippen LogP contribution in [0.1, 0.15) is 31.2 Å². The summed E-state index contributed by atoms with van der Waals surface area (Å²) in [6.45, 7) is 0. The molecule has 1 aromatic rings. The number of hydrogen-bond acceptors (Lipinski definition) is 1. The van der Waals surface area contributed by atoms with Crippen LogP contribution in [0.5, 0.6) is 0 Å². The molecule has 0 bridgehead atoms. The molecule has 1 spiro atoms. The Morgan fingerprint density at radius 1 is 1.07 bits per heavy atom. The van der Waals surface area contributed by atoms with E-state index < -0.39 is 0 Å².